The monoisotopic (exact) mass is 240 g/mol. The summed E-state index contributed by atoms with van der Waals surface area (Å²) in [5.41, 5.74) is 8.33. The van der Waals surface area contributed by atoms with Crippen LogP contribution in [-0.4, -0.2) is 19.5 Å². The fourth-order valence-electron chi connectivity index (χ4n) is 1.96. The van der Waals surface area contributed by atoms with Crippen LogP contribution in [0.2, 0.25) is 0 Å². The first-order chi connectivity index (χ1) is 8.79. The molecule has 3 aromatic rings. The van der Waals surface area contributed by atoms with E-state index in [0.29, 0.717) is 6.54 Å². The van der Waals surface area contributed by atoms with Crippen molar-refractivity contribution in [1.29, 1.82) is 0 Å². The molecule has 0 amide bonds. The van der Waals surface area contributed by atoms with E-state index in [9.17, 15) is 5.11 Å². The lowest BCUT2D eigenvalue weighted by Gasteiger charge is -2.00. The second kappa shape index (κ2) is 4.12. The first kappa shape index (κ1) is 10.7. The van der Waals surface area contributed by atoms with Crippen LogP contribution in [0.5, 0.6) is 5.75 Å². The highest BCUT2D eigenvalue weighted by molar-refractivity contribution is 5.65. The van der Waals surface area contributed by atoms with Crippen molar-refractivity contribution in [2.75, 3.05) is 0 Å². The van der Waals surface area contributed by atoms with Crippen LogP contribution in [0.3, 0.4) is 0 Å². The first-order valence-corrected chi connectivity index (χ1v) is 5.60. The summed E-state index contributed by atoms with van der Waals surface area (Å²) in [5.74, 6) is 1.04. The molecule has 90 valence electrons. The van der Waals surface area contributed by atoms with E-state index in [1.165, 1.54) is 0 Å². The molecule has 0 bridgehead atoms. The third-order valence-corrected chi connectivity index (χ3v) is 2.84. The number of aromatic nitrogens is 3. The Kier molecular flexibility index (Phi) is 2.46. The Balaban J connectivity index is 2.26. The predicted molar refractivity (Wildman–Crippen MR) is 68.0 cm³/mol. The molecule has 0 unspecified atom stereocenters. The maximum atomic E-state index is 9.31. The summed E-state index contributed by atoms with van der Waals surface area (Å²) in [7, 11) is 0. The highest BCUT2D eigenvalue weighted by Crippen LogP contribution is 2.23. The Bertz CT molecular complexity index is 688. The van der Waals surface area contributed by atoms with E-state index < -0.39 is 0 Å². The first-order valence-electron chi connectivity index (χ1n) is 5.60. The van der Waals surface area contributed by atoms with Gasteiger partial charge in [0, 0.05) is 24.5 Å². The minimum absolute atomic E-state index is 0.236. The smallest absolute Gasteiger partial charge is 0.144 e. The summed E-state index contributed by atoms with van der Waals surface area (Å²) >= 11 is 0. The molecule has 1 aromatic carbocycles. The van der Waals surface area contributed by atoms with E-state index in [4.69, 9.17) is 5.73 Å². The Morgan fingerprint density at radius 2 is 2.00 bits per heavy atom. The van der Waals surface area contributed by atoms with Crippen molar-refractivity contribution in [3.05, 3.63) is 48.5 Å². The van der Waals surface area contributed by atoms with Gasteiger partial charge in [-0.2, -0.15) is 0 Å². The molecule has 0 radical (unpaired) electrons. The van der Waals surface area contributed by atoms with Crippen molar-refractivity contribution in [2.24, 2.45) is 5.73 Å². The van der Waals surface area contributed by atoms with E-state index in [1.54, 1.807) is 24.5 Å². The van der Waals surface area contributed by atoms with Crippen LogP contribution >= 0.6 is 0 Å². The third-order valence-electron chi connectivity index (χ3n) is 2.84. The summed E-state index contributed by atoms with van der Waals surface area (Å²) in [6, 6.07) is 6.93. The second-order valence-electron chi connectivity index (χ2n) is 3.96. The third kappa shape index (κ3) is 1.61. The van der Waals surface area contributed by atoms with Gasteiger partial charge in [0.05, 0.1) is 17.4 Å². The number of phenols is 1. The van der Waals surface area contributed by atoms with Crippen molar-refractivity contribution < 1.29 is 5.11 Å². The van der Waals surface area contributed by atoms with Gasteiger partial charge in [-0.1, -0.05) is 0 Å². The number of phenolic OH excluding ortho intramolecular Hbond substituents is 1. The van der Waals surface area contributed by atoms with E-state index >= 15 is 0 Å². The molecular weight excluding hydrogens is 228 g/mol. The number of imidazole rings is 1. The van der Waals surface area contributed by atoms with Crippen LogP contribution in [0.1, 0.15) is 5.69 Å². The highest BCUT2D eigenvalue weighted by atomic mass is 16.3. The molecule has 0 atom stereocenters. The Labute approximate surface area is 104 Å². The molecule has 18 heavy (non-hydrogen) atoms. The number of nitrogens with two attached hydrogens (primary N) is 1. The molecule has 5 heteroatoms. The number of fused-ring (bicyclic) bond motifs is 1. The van der Waals surface area contributed by atoms with E-state index in [-0.39, 0.29) is 5.75 Å². The zero-order valence-corrected chi connectivity index (χ0v) is 9.61. The molecule has 3 rings (SSSR count). The SMILES string of the molecule is NCc1nc(-c2ccc(O)cc2)n2ccncc12. The maximum Gasteiger partial charge on any atom is 0.144 e. The number of hydrogen-bond acceptors (Lipinski definition) is 4. The zero-order chi connectivity index (χ0) is 12.5. The van der Waals surface area contributed by atoms with Gasteiger partial charge in [0.25, 0.3) is 0 Å². The molecule has 2 heterocycles. The maximum absolute atomic E-state index is 9.31. The van der Waals surface area contributed by atoms with Crippen molar-refractivity contribution >= 4 is 5.52 Å². The van der Waals surface area contributed by atoms with Crippen molar-refractivity contribution in [1.82, 2.24) is 14.4 Å². The van der Waals surface area contributed by atoms with E-state index in [0.717, 1.165) is 22.6 Å². The van der Waals surface area contributed by atoms with Crippen molar-refractivity contribution in [2.45, 2.75) is 6.54 Å². The molecule has 0 aliphatic carbocycles. The molecule has 0 fully saturated rings. The molecule has 5 nitrogen and oxygen atoms in total. The average molecular weight is 240 g/mol. The molecule has 0 saturated heterocycles. The number of benzene rings is 1. The molecule has 2 aromatic heterocycles. The average Bonchev–Trinajstić information content (AvgIpc) is 2.79. The van der Waals surface area contributed by atoms with Gasteiger partial charge in [0.1, 0.15) is 11.6 Å². The number of nitrogens with zero attached hydrogens (tertiary/aromatic N) is 3. The van der Waals surface area contributed by atoms with Crippen LogP contribution in [0.4, 0.5) is 0 Å². The summed E-state index contributed by atoms with van der Waals surface area (Å²) in [5, 5.41) is 9.31. The van der Waals surface area contributed by atoms with Gasteiger partial charge < -0.3 is 10.8 Å². The lowest BCUT2D eigenvalue weighted by Crippen LogP contribution is -1.97. The van der Waals surface area contributed by atoms with Crippen LogP contribution < -0.4 is 5.73 Å². The van der Waals surface area contributed by atoms with Crippen molar-refractivity contribution in [3.8, 4) is 17.1 Å². The van der Waals surface area contributed by atoms with Gasteiger partial charge in [-0.3, -0.25) is 9.38 Å². The summed E-state index contributed by atoms with van der Waals surface area (Å²) in [4.78, 5) is 8.61. The fraction of sp³-hybridized carbons (Fsp3) is 0.0769. The van der Waals surface area contributed by atoms with Crippen LogP contribution in [0.25, 0.3) is 16.9 Å². The van der Waals surface area contributed by atoms with E-state index in [2.05, 4.69) is 9.97 Å². The molecule has 0 spiro atoms. The summed E-state index contributed by atoms with van der Waals surface area (Å²) in [6.45, 7) is 0.368. The van der Waals surface area contributed by atoms with Gasteiger partial charge in [-0.05, 0) is 24.3 Å². The standard InChI is InChI=1S/C13H12N4O/c14-7-11-12-8-15-5-6-17(12)13(16-11)9-1-3-10(18)4-2-9/h1-6,8,18H,7,14H2. The van der Waals surface area contributed by atoms with Crippen LogP contribution in [-0.2, 0) is 6.54 Å². The van der Waals surface area contributed by atoms with Gasteiger partial charge in [0.2, 0.25) is 0 Å². The number of rotatable bonds is 2. The Hall–Kier alpha value is -2.40. The van der Waals surface area contributed by atoms with Gasteiger partial charge in [-0.25, -0.2) is 4.98 Å². The minimum Gasteiger partial charge on any atom is -0.508 e. The summed E-state index contributed by atoms with van der Waals surface area (Å²) in [6.07, 6.45) is 5.31. The highest BCUT2D eigenvalue weighted by Gasteiger charge is 2.11. The Morgan fingerprint density at radius 3 is 2.72 bits per heavy atom. The topological polar surface area (TPSA) is 76.4 Å². The molecule has 3 N–H and O–H groups in total. The van der Waals surface area contributed by atoms with Gasteiger partial charge in [0.15, 0.2) is 0 Å². The number of aromatic hydroxyl groups is 1. The normalized spacial score (nSPS) is 10.9. The predicted octanol–water partition coefficient (Wildman–Crippen LogP) is 1.56. The van der Waals surface area contributed by atoms with Crippen molar-refractivity contribution in [3.63, 3.8) is 0 Å². The van der Waals surface area contributed by atoms with Crippen LogP contribution in [0.15, 0.2) is 42.9 Å². The van der Waals surface area contributed by atoms with E-state index in [1.807, 2.05) is 22.7 Å². The largest absolute Gasteiger partial charge is 0.508 e. The fourth-order valence-corrected chi connectivity index (χ4v) is 1.96. The molecule has 0 saturated carbocycles. The van der Waals surface area contributed by atoms with Gasteiger partial charge >= 0.3 is 0 Å². The lowest BCUT2D eigenvalue weighted by molar-refractivity contribution is 0.475. The molecule has 0 aliphatic heterocycles. The van der Waals surface area contributed by atoms with Gasteiger partial charge in [-0.15, -0.1) is 0 Å². The Morgan fingerprint density at radius 1 is 1.22 bits per heavy atom. The quantitative estimate of drug-likeness (QED) is 0.712. The molecule has 0 aliphatic rings. The lowest BCUT2D eigenvalue weighted by atomic mass is 10.2. The number of hydrogen-bond donors (Lipinski definition) is 2. The minimum atomic E-state index is 0.236. The molecular formula is C13H12N4O. The zero-order valence-electron chi connectivity index (χ0n) is 9.61. The second-order valence-corrected chi connectivity index (χ2v) is 3.96. The van der Waals surface area contributed by atoms with Crippen LogP contribution in [0, 0.1) is 0 Å². The summed E-state index contributed by atoms with van der Waals surface area (Å²) < 4.78 is 1.95.